The van der Waals surface area contributed by atoms with Crippen LogP contribution in [0.3, 0.4) is 0 Å². The molecule has 1 aromatic heterocycles. The van der Waals surface area contributed by atoms with Crippen LogP contribution in [0.2, 0.25) is 5.28 Å². The SMILES string of the molecule is CCn1c(C2CCSC2)cnc1Cl. The van der Waals surface area contributed by atoms with Crippen LogP contribution >= 0.6 is 23.4 Å². The number of halogens is 1. The third-order valence-corrected chi connectivity index (χ3v) is 3.97. The first-order valence-electron chi connectivity index (χ1n) is 4.61. The molecule has 2 heterocycles. The first-order valence-corrected chi connectivity index (χ1v) is 6.15. The normalized spacial score (nSPS) is 22.5. The van der Waals surface area contributed by atoms with Crippen molar-refractivity contribution in [2.45, 2.75) is 25.8 Å². The van der Waals surface area contributed by atoms with E-state index in [4.69, 9.17) is 11.6 Å². The zero-order chi connectivity index (χ0) is 9.26. The minimum absolute atomic E-state index is 0.634. The summed E-state index contributed by atoms with van der Waals surface area (Å²) < 4.78 is 2.11. The van der Waals surface area contributed by atoms with E-state index in [0.29, 0.717) is 11.2 Å². The largest absolute Gasteiger partial charge is 0.319 e. The van der Waals surface area contributed by atoms with Gasteiger partial charge in [0.2, 0.25) is 5.28 Å². The van der Waals surface area contributed by atoms with E-state index in [9.17, 15) is 0 Å². The molecule has 1 aliphatic rings. The summed E-state index contributed by atoms with van der Waals surface area (Å²) in [4.78, 5) is 4.15. The lowest BCUT2D eigenvalue weighted by Gasteiger charge is -2.11. The third kappa shape index (κ3) is 1.72. The van der Waals surface area contributed by atoms with Crippen LogP contribution in [0.5, 0.6) is 0 Å². The lowest BCUT2D eigenvalue weighted by Crippen LogP contribution is -2.06. The first-order chi connectivity index (χ1) is 6.33. The first kappa shape index (κ1) is 9.41. The fraction of sp³-hybridized carbons (Fsp3) is 0.667. The van der Waals surface area contributed by atoms with Crippen molar-refractivity contribution in [3.05, 3.63) is 17.2 Å². The molecule has 72 valence electrons. The highest BCUT2D eigenvalue weighted by molar-refractivity contribution is 7.99. The van der Waals surface area contributed by atoms with Gasteiger partial charge in [-0.15, -0.1) is 0 Å². The maximum absolute atomic E-state index is 5.97. The molecule has 1 aliphatic heterocycles. The molecule has 2 rings (SSSR count). The van der Waals surface area contributed by atoms with Crippen LogP contribution in [-0.2, 0) is 6.54 Å². The molecule has 1 atom stereocenters. The van der Waals surface area contributed by atoms with Gasteiger partial charge in [0.05, 0.1) is 6.20 Å². The summed E-state index contributed by atoms with van der Waals surface area (Å²) in [6, 6.07) is 0. The molecule has 0 amide bonds. The zero-order valence-electron chi connectivity index (χ0n) is 7.66. The topological polar surface area (TPSA) is 17.8 Å². The van der Waals surface area contributed by atoms with Crippen LogP contribution in [0, 0.1) is 0 Å². The maximum atomic E-state index is 5.97. The molecule has 1 unspecified atom stereocenters. The average molecular weight is 217 g/mol. The van der Waals surface area contributed by atoms with Gasteiger partial charge >= 0.3 is 0 Å². The average Bonchev–Trinajstić information content (AvgIpc) is 2.71. The van der Waals surface area contributed by atoms with Crippen LogP contribution in [0.4, 0.5) is 0 Å². The number of aromatic nitrogens is 2. The standard InChI is InChI=1S/C9H13ClN2S/c1-2-12-8(5-11-9(12)10)7-3-4-13-6-7/h5,7H,2-4,6H2,1H3. The number of hydrogen-bond donors (Lipinski definition) is 0. The number of nitrogens with zero attached hydrogens (tertiary/aromatic N) is 2. The van der Waals surface area contributed by atoms with Crippen molar-refractivity contribution in [1.29, 1.82) is 0 Å². The third-order valence-electron chi connectivity index (χ3n) is 2.50. The fourth-order valence-electron chi connectivity index (χ4n) is 1.77. The molecule has 2 nitrogen and oxygen atoms in total. The Morgan fingerprint density at radius 2 is 2.62 bits per heavy atom. The Balaban J connectivity index is 2.27. The van der Waals surface area contributed by atoms with E-state index >= 15 is 0 Å². The van der Waals surface area contributed by atoms with Gasteiger partial charge < -0.3 is 4.57 Å². The second-order valence-corrected chi connectivity index (χ2v) is 4.74. The van der Waals surface area contributed by atoms with E-state index in [2.05, 4.69) is 16.5 Å². The van der Waals surface area contributed by atoms with E-state index in [1.54, 1.807) is 0 Å². The fourth-order valence-corrected chi connectivity index (χ4v) is 3.28. The van der Waals surface area contributed by atoms with E-state index in [-0.39, 0.29) is 0 Å². The molecule has 13 heavy (non-hydrogen) atoms. The molecule has 0 radical (unpaired) electrons. The second kappa shape index (κ2) is 3.93. The van der Waals surface area contributed by atoms with Gasteiger partial charge in [0.15, 0.2) is 0 Å². The van der Waals surface area contributed by atoms with Gasteiger partial charge in [-0.25, -0.2) is 4.98 Å². The molecule has 4 heteroatoms. The molecule has 1 fully saturated rings. The van der Waals surface area contributed by atoms with Gasteiger partial charge in [-0.05, 0) is 30.7 Å². The van der Waals surface area contributed by atoms with Gasteiger partial charge in [-0.2, -0.15) is 11.8 Å². The Bertz CT molecular complexity index is 292. The van der Waals surface area contributed by atoms with E-state index in [1.807, 2.05) is 18.0 Å². The molecule has 0 saturated carbocycles. The molecule has 0 aromatic carbocycles. The highest BCUT2D eigenvalue weighted by atomic mass is 35.5. The number of hydrogen-bond acceptors (Lipinski definition) is 2. The summed E-state index contributed by atoms with van der Waals surface area (Å²) in [6.07, 6.45) is 3.20. The minimum atomic E-state index is 0.634. The summed E-state index contributed by atoms with van der Waals surface area (Å²) in [5, 5.41) is 0.634. The van der Waals surface area contributed by atoms with E-state index in [1.165, 1.54) is 23.6 Å². The van der Waals surface area contributed by atoms with Crippen LogP contribution < -0.4 is 0 Å². The molecule has 1 saturated heterocycles. The predicted molar refractivity (Wildman–Crippen MR) is 57.6 cm³/mol. The summed E-state index contributed by atoms with van der Waals surface area (Å²) in [5.41, 5.74) is 1.32. The minimum Gasteiger partial charge on any atom is -0.319 e. The maximum Gasteiger partial charge on any atom is 0.202 e. The Hall–Kier alpha value is -0.150. The van der Waals surface area contributed by atoms with Crippen LogP contribution in [0.15, 0.2) is 6.20 Å². The van der Waals surface area contributed by atoms with Crippen LogP contribution in [-0.4, -0.2) is 21.1 Å². The molecule has 0 spiro atoms. The second-order valence-electron chi connectivity index (χ2n) is 3.26. The highest BCUT2D eigenvalue weighted by Crippen LogP contribution is 2.33. The number of thioether (sulfide) groups is 1. The summed E-state index contributed by atoms with van der Waals surface area (Å²) in [5.74, 6) is 3.17. The smallest absolute Gasteiger partial charge is 0.202 e. The highest BCUT2D eigenvalue weighted by Gasteiger charge is 2.21. The Kier molecular flexibility index (Phi) is 2.84. The van der Waals surface area contributed by atoms with Crippen molar-refractivity contribution in [2.24, 2.45) is 0 Å². The number of imidazole rings is 1. The summed E-state index contributed by atoms with van der Waals surface area (Å²) >= 11 is 7.99. The number of rotatable bonds is 2. The van der Waals surface area contributed by atoms with Crippen molar-refractivity contribution in [3.8, 4) is 0 Å². The van der Waals surface area contributed by atoms with Crippen LogP contribution in [0.1, 0.15) is 25.0 Å². The van der Waals surface area contributed by atoms with Gasteiger partial charge in [-0.1, -0.05) is 0 Å². The Labute approximate surface area is 87.7 Å². The molecular formula is C9H13ClN2S. The Morgan fingerprint density at radius 3 is 3.23 bits per heavy atom. The van der Waals surface area contributed by atoms with Gasteiger partial charge in [0.1, 0.15) is 0 Å². The molecule has 0 N–H and O–H groups in total. The van der Waals surface area contributed by atoms with E-state index < -0.39 is 0 Å². The lowest BCUT2D eigenvalue weighted by molar-refractivity contribution is 0.649. The molecular weight excluding hydrogens is 204 g/mol. The van der Waals surface area contributed by atoms with Gasteiger partial charge in [-0.3, -0.25) is 0 Å². The molecule has 1 aromatic rings. The predicted octanol–water partition coefficient (Wildman–Crippen LogP) is 2.78. The van der Waals surface area contributed by atoms with Gasteiger partial charge in [0.25, 0.3) is 0 Å². The summed E-state index contributed by atoms with van der Waals surface area (Å²) in [7, 11) is 0. The monoisotopic (exact) mass is 216 g/mol. The molecule has 0 bridgehead atoms. The van der Waals surface area contributed by atoms with Gasteiger partial charge in [0, 0.05) is 23.9 Å². The van der Waals surface area contributed by atoms with E-state index in [0.717, 1.165) is 6.54 Å². The Morgan fingerprint density at radius 1 is 1.77 bits per heavy atom. The van der Waals surface area contributed by atoms with Crippen molar-refractivity contribution in [2.75, 3.05) is 11.5 Å². The molecule has 0 aliphatic carbocycles. The summed E-state index contributed by atoms with van der Waals surface area (Å²) in [6.45, 7) is 3.04. The van der Waals surface area contributed by atoms with Crippen molar-refractivity contribution in [3.63, 3.8) is 0 Å². The van der Waals surface area contributed by atoms with Crippen LogP contribution in [0.25, 0.3) is 0 Å². The lowest BCUT2D eigenvalue weighted by atomic mass is 10.1. The van der Waals surface area contributed by atoms with Crippen molar-refractivity contribution in [1.82, 2.24) is 9.55 Å². The van der Waals surface area contributed by atoms with Crippen molar-refractivity contribution >= 4 is 23.4 Å². The zero-order valence-corrected chi connectivity index (χ0v) is 9.24. The quantitative estimate of drug-likeness (QED) is 0.757. The van der Waals surface area contributed by atoms with Crippen molar-refractivity contribution < 1.29 is 0 Å².